The molecule has 1 heterocycles. The van der Waals surface area contributed by atoms with Crippen molar-refractivity contribution < 1.29 is 15.0 Å². The summed E-state index contributed by atoms with van der Waals surface area (Å²) in [7, 11) is 1.00. The molecule has 2 aromatic rings. The number of carbonyl (C=O) groups is 1. The Bertz CT molecular complexity index is 612. The minimum atomic E-state index is -0.675. The van der Waals surface area contributed by atoms with Gasteiger partial charge in [0.15, 0.2) is 0 Å². The molecule has 4 heteroatoms. The Kier molecular flexibility index (Phi) is 18.7. The predicted molar refractivity (Wildman–Crippen MR) is 133 cm³/mol. The van der Waals surface area contributed by atoms with E-state index in [-0.39, 0.29) is 0 Å². The molecule has 1 aliphatic rings. The normalized spacial score (nSPS) is 12.8. The van der Waals surface area contributed by atoms with Gasteiger partial charge in [-0.2, -0.15) is 0 Å². The van der Waals surface area contributed by atoms with Crippen LogP contribution in [-0.2, 0) is 11.2 Å². The molecule has 2 N–H and O–H groups in total. The standard InChI is InChI=1S/C16H20S.C7H14O2.C2H6.CH4O/c1-2-7-13(6-1)8-5-10-15-12-14-9-3-4-11-16(14)17-15;1-2-3-4-5-6-7(8)9;2*1-2/h3-4,9,11-13H,1-2,5-8,10H2;2-6H2,1H3,(H,8,9);1-2H3;2H,1H3. The van der Waals surface area contributed by atoms with Gasteiger partial charge < -0.3 is 10.2 Å². The Morgan fingerprint density at radius 1 is 1.03 bits per heavy atom. The molecular formula is C26H44O3S. The second kappa shape index (κ2) is 19.6. The largest absolute Gasteiger partial charge is 0.481 e. The van der Waals surface area contributed by atoms with Gasteiger partial charge in [-0.3, -0.25) is 4.79 Å². The first kappa shape index (κ1) is 28.6. The second-order valence-electron chi connectivity index (χ2n) is 7.50. The Labute approximate surface area is 188 Å². The topological polar surface area (TPSA) is 57.5 Å². The van der Waals surface area contributed by atoms with Gasteiger partial charge >= 0.3 is 5.97 Å². The Balaban J connectivity index is 0.000000555. The maximum atomic E-state index is 9.96. The van der Waals surface area contributed by atoms with Crippen molar-refractivity contribution in [3.63, 3.8) is 0 Å². The quantitative estimate of drug-likeness (QED) is 0.390. The van der Waals surface area contributed by atoms with Crippen LogP contribution in [0.3, 0.4) is 0 Å². The van der Waals surface area contributed by atoms with Crippen LogP contribution >= 0.6 is 11.3 Å². The highest BCUT2D eigenvalue weighted by molar-refractivity contribution is 7.19. The first-order chi connectivity index (χ1) is 14.7. The number of aliphatic hydroxyl groups is 1. The fourth-order valence-electron chi connectivity index (χ4n) is 3.73. The van der Waals surface area contributed by atoms with Crippen LogP contribution in [0.4, 0.5) is 0 Å². The Morgan fingerprint density at radius 2 is 1.70 bits per heavy atom. The molecule has 0 atom stereocenters. The van der Waals surface area contributed by atoms with Crippen molar-refractivity contribution in [3.05, 3.63) is 35.2 Å². The fourth-order valence-corrected chi connectivity index (χ4v) is 4.83. The summed E-state index contributed by atoms with van der Waals surface area (Å²) in [6.45, 7) is 6.11. The van der Waals surface area contributed by atoms with Crippen LogP contribution in [-0.4, -0.2) is 23.3 Å². The zero-order valence-electron chi connectivity index (χ0n) is 19.7. The van der Waals surface area contributed by atoms with E-state index in [9.17, 15) is 4.79 Å². The lowest BCUT2D eigenvalue weighted by atomic mass is 10.0. The number of unbranched alkanes of at least 4 members (excludes halogenated alkanes) is 3. The average Bonchev–Trinajstić information content (AvgIpc) is 3.44. The van der Waals surface area contributed by atoms with Gasteiger partial charge in [0.1, 0.15) is 0 Å². The number of rotatable bonds is 9. The van der Waals surface area contributed by atoms with E-state index < -0.39 is 5.97 Å². The SMILES string of the molecule is CC.CCCCCCC(=O)O.CO.c1ccc2sc(CCCC3CCCC3)cc2c1. The van der Waals surface area contributed by atoms with Gasteiger partial charge in [-0.25, -0.2) is 0 Å². The third-order valence-electron chi connectivity index (χ3n) is 5.23. The van der Waals surface area contributed by atoms with Crippen LogP contribution in [0.1, 0.15) is 96.3 Å². The lowest BCUT2D eigenvalue weighted by Gasteiger charge is -2.06. The number of carboxylic acid groups (broad SMARTS) is 1. The summed E-state index contributed by atoms with van der Waals surface area (Å²) in [5.74, 6) is 0.371. The van der Waals surface area contributed by atoms with Crippen LogP contribution in [0.5, 0.6) is 0 Å². The molecule has 0 bridgehead atoms. The molecule has 1 aromatic heterocycles. The predicted octanol–water partition coefficient (Wildman–Crippen LogP) is 8.09. The van der Waals surface area contributed by atoms with Crippen molar-refractivity contribution in [3.8, 4) is 0 Å². The summed E-state index contributed by atoms with van der Waals surface area (Å²) in [6.07, 6.45) is 14.6. The number of fused-ring (bicyclic) bond motifs is 1. The molecule has 3 nitrogen and oxygen atoms in total. The maximum Gasteiger partial charge on any atom is 0.303 e. The average molecular weight is 437 g/mol. The molecule has 30 heavy (non-hydrogen) atoms. The maximum absolute atomic E-state index is 9.96. The summed E-state index contributed by atoms with van der Waals surface area (Å²) >= 11 is 1.98. The third kappa shape index (κ3) is 13.0. The van der Waals surface area contributed by atoms with E-state index in [1.807, 2.05) is 25.2 Å². The van der Waals surface area contributed by atoms with E-state index in [4.69, 9.17) is 10.2 Å². The van der Waals surface area contributed by atoms with Crippen LogP contribution < -0.4 is 0 Å². The number of benzene rings is 1. The summed E-state index contributed by atoms with van der Waals surface area (Å²) in [5.41, 5.74) is 0. The number of aliphatic carboxylic acids is 1. The molecule has 1 fully saturated rings. The van der Waals surface area contributed by atoms with Crippen molar-refractivity contribution in [2.24, 2.45) is 5.92 Å². The number of thiophene rings is 1. The van der Waals surface area contributed by atoms with E-state index in [0.717, 1.165) is 32.3 Å². The molecule has 1 aliphatic carbocycles. The van der Waals surface area contributed by atoms with Crippen molar-refractivity contribution in [2.75, 3.05) is 7.11 Å². The molecule has 0 unspecified atom stereocenters. The summed E-state index contributed by atoms with van der Waals surface area (Å²) < 4.78 is 1.45. The van der Waals surface area contributed by atoms with Gasteiger partial charge in [0, 0.05) is 23.1 Å². The summed E-state index contributed by atoms with van der Waals surface area (Å²) in [5, 5.41) is 16.6. The molecule has 0 radical (unpaired) electrons. The number of carboxylic acids is 1. The fraction of sp³-hybridized carbons (Fsp3) is 0.654. The summed E-state index contributed by atoms with van der Waals surface area (Å²) in [6, 6.07) is 11.1. The zero-order valence-corrected chi connectivity index (χ0v) is 20.5. The number of aliphatic hydroxyl groups excluding tert-OH is 1. The highest BCUT2D eigenvalue weighted by Crippen LogP contribution is 2.31. The van der Waals surface area contributed by atoms with Gasteiger partial charge in [0.05, 0.1) is 0 Å². The molecule has 0 amide bonds. The lowest BCUT2D eigenvalue weighted by molar-refractivity contribution is -0.137. The van der Waals surface area contributed by atoms with Crippen molar-refractivity contribution in [1.82, 2.24) is 0 Å². The second-order valence-corrected chi connectivity index (χ2v) is 8.67. The first-order valence-corrected chi connectivity index (χ1v) is 12.6. The van der Waals surface area contributed by atoms with Gasteiger partial charge in [-0.05, 0) is 42.7 Å². The van der Waals surface area contributed by atoms with E-state index in [1.165, 1.54) is 61.5 Å². The first-order valence-electron chi connectivity index (χ1n) is 11.8. The van der Waals surface area contributed by atoms with E-state index >= 15 is 0 Å². The Hall–Kier alpha value is -1.39. The van der Waals surface area contributed by atoms with Gasteiger partial charge in [0.2, 0.25) is 0 Å². The smallest absolute Gasteiger partial charge is 0.303 e. The number of hydrogen-bond donors (Lipinski definition) is 2. The molecule has 172 valence electrons. The van der Waals surface area contributed by atoms with E-state index in [0.29, 0.717) is 6.42 Å². The number of hydrogen-bond acceptors (Lipinski definition) is 3. The minimum absolute atomic E-state index is 0.333. The third-order valence-corrected chi connectivity index (χ3v) is 6.41. The lowest BCUT2D eigenvalue weighted by Crippen LogP contribution is -1.93. The highest BCUT2D eigenvalue weighted by Gasteiger charge is 2.14. The van der Waals surface area contributed by atoms with Gasteiger partial charge in [0.25, 0.3) is 0 Å². The van der Waals surface area contributed by atoms with Gasteiger partial charge in [-0.1, -0.05) is 90.3 Å². The molecule has 1 aromatic carbocycles. The molecule has 0 spiro atoms. The highest BCUT2D eigenvalue weighted by atomic mass is 32.1. The van der Waals surface area contributed by atoms with Crippen LogP contribution in [0.25, 0.3) is 10.1 Å². The molecule has 0 saturated heterocycles. The van der Waals surface area contributed by atoms with Crippen molar-refractivity contribution in [1.29, 1.82) is 0 Å². The van der Waals surface area contributed by atoms with Crippen molar-refractivity contribution in [2.45, 2.75) is 97.8 Å². The van der Waals surface area contributed by atoms with Crippen LogP contribution in [0.15, 0.2) is 30.3 Å². The van der Waals surface area contributed by atoms with Crippen LogP contribution in [0.2, 0.25) is 0 Å². The Morgan fingerprint density at radius 3 is 2.30 bits per heavy atom. The summed E-state index contributed by atoms with van der Waals surface area (Å²) in [4.78, 5) is 11.5. The molecule has 1 saturated carbocycles. The molecule has 0 aliphatic heterocycles. The monoisotopic (exact) mass is 436 g/mol. The minimum Gasteiger partial charge on any atom is -0.481 e. The van der Waals surface area contributed by atoms with Crippen LogP contribution in [0, 0.1) is 5.92 Å². The molecule has 3 rings (SSSR count). The molecular weight excluding hydrogens is 392 g/mol. The van der Waals surface area contributed by atoms with E-state index in [1.54, 1.807) is 4.88 Å². The van der Waals surface area contributed by atoms with Gasteiger partial charge in [-0.15, -0.1) is 11.3 Å². The number of aryl methyl sites for hydroxylation is 1. The van der Waals surface area contributed by atoms with Crippen molar-refractivity contribution >= 4 is 27.4 Å². The zero-order chi connectivity index (χ0) is 22.6. The van der Waals surface area contributed by atoms with E-state index in [2.05, 4.69) is 37.3 Å².